The van der Waals surface area contributed by atoms with Crippen LogP contribution < -0.4 is 20.7 Å². The number of carbonyl (C=O) groups is 1. The van der Waals surface area contributed by atoms with Crippen LogP contribution in [0.15, 0.2) is 30.6 Å². The number of hydrogen-bond donors (Lipinski definition) is 3. The van der Waals surface area contributed by atoms with E-state index >= 15 is 0 Å². The number of sulfonamides is 1. The number of rotatable bonds is 7. The lowest BCUT2D eigenvalue weighted by molar-refractivity contribution is 0.0522. The van der Waals surface area contributed by atoms with E-state index in [-0.39, 0.29) is 11.8 Å². The van der Waals surface area contributed by atoms with Crippen LogP contribution >= 0.6 is 0 Å². The number of nitrogens with two attached hydrogens (primary N) is 1. The predicted octanol–water partition coefficient (Wildman–Crippen LogP) is 2.29. The topological polar surface area (TPSA) is 152 Å². The van der Waals surface area contributed by atoms with Crippen molar-refractivity contribution >= 4 is 33.7 Å². The first-order valence-corrected chi connectivity index (χ1v) is 12.5. The minimum atomic E-state index is -3.63. The SMILES string of the molecule is CC(C)(C)OC(=O)NC[C@H]1CCCCN1c1ncnc(Nc2cccc(CS(N)(=O)=O)c2)n1. The van der Waals surface area contributed by atoms with Gasteiger partial charge in [-0.2, -0.15) is 4.98 Å². The molecule has 4 N–H and O–H groups in total. The summed E-state index contributed by atoms with van der Waals surface area (Å²) in [6.45, 7) is 6.64. The number of benzene rings is 1. The van der Waals surface area contributed by atoms with Crippen LogP contribution in [0.1, 0.15) is 45.6 Å². The Hall–Kier alpha value is -2.99. The van der Waals surface area contributed by atoms with E-state index in [1.807, 2.05) is 20.8 Å². The molecule has 0 bridgehead atoms. The summed E-state index contributed by atoms with van der Waals surface area (Å²) < 4.78 is 28.1. The lowest BCUT2D eigenvalue weighted by Crippen LogP contribution is -2.48. The summed E-state index contributed by atoms with van der Waals surface area (Å²) in [7, 11) is -3.63. The van der Waals surface area contributed by atoms with Crippen molar-refractivity contribution in [1.29, 1.82) is 0 Å². The number of alkyl carbamates (subject to hydrolysis) is 1. The van der Waals surface area contributed by atoms with E-state index in [1.165, 1.54) is 6.33 Å². The number of aromatic nitrogens is 3. The fourth-order valence-electron chi connectivity index (χ4n) is 3.58. The van der Waals surface area contributed by atoms with Crippen molar-refractivity contribution in [1.82, 2.24) is 20.3 Å². The van der Waals surface area contributed by atoms with Crippen molar-refractivity contribution in [3.8, 4) is 0 Å². The first-order chi connectivity index (χ1) is 15.5. The van der Waals surface area contributed by atoms with Crippen molar-refractivity contribution in [2.75, 3.05) is 23.3 Å². The number of carbonyl (C=O) groups excluding carboxylic acids is 1. The van der Waals surface area contributed by atoms with Gasteiger partial charge in [-0.1, -0.05) is 12.1 Å². The van der Waals surface area contributed by atoms with Crippen LogP contribution in [0.25, 0.3) is 0 Å². The van der Waals surface area contributed by atoms with Gasteiger partial charge in [-0.25, -0.2) is 28.3 Å². The van der Waals surface area contributed by atoms with Gasteiger partial charge in [0.2, 0.25) is 21.9 Å². The highest BCUT2D eigenvalue weighted by molar-refractivity contribution is 7.88. The summed E-state index contributed by atoms with van der Waals surface area (Å²) in [5, 5.41) is 11.1. The number of hydrogen-bond acceptors (Lipinski definition) is 9. The Labute approximate surface area is 194 Å². The molecular formula is C21H31N7O4S. The minimum absolute atomic E-state index is 0.0274. The van der Waals surface area contributed by atoms with Crippen molar-refractivity contribution in [3.05, 3.63) is 36.2 Å². The van der Waals surface area contributed by atoms with Gasteiger partial charge in [0, 0.05) is 24.8 Å². The van der Waals surface area contributed by atoms with E-state index in [9.17, 15) is 13.2 Å². The van der Waals surface area contributed by atoms with Crippen LogP contribution in [0.3, 0.4) is 0 Å². The van der Waals surface area contributed by atoms with Gasteiger partial charge in [-0.05, 0) is 57.7 Å². The molecule has 1 aromatic heterocycles. The van der Waals surface area contributed by atoms with Crippen LogP contribution in [0.2, 0.25) is 0 Å². The third-order valence-corrected chi connectivity index (χ3v) is 5.61. The molecule has 1 saturated heterocycles. The molecule has 2 aromatic rings. The highest BCUT2D eigenvalue weighted by atomic mass is 32.2. The van der Waals surface area contributed by atoms with E-state index < -0.39 is 21.7 Å². The summed E-state index contributed by atoms with van der Waals surface area (Å²) >= 11 is 0. The Morgan fingerprint density at radius 3 is 2.79 bits per heavy atom. The first-order valence-electron chi connectivity index (χ1n) is 10.8. The highest BCUT2D eigenvalue weighted by Gasteiger charge is 2.26. The third kappa shape index (κ3) is 8.13. The molecule has 2 heterocycles. The van der Waals surface area contributed by atoms with E-state index in [2.05, 4.69) is 30.5 Å². The molecular weight excluding hydrogens is 446 g/mol. The molecule has 1 amide bonds. The molecule has 0 radical (unpaired) electrons. The normalized spacial score (nSPS) is 16.8. The fourth-order valence-corrected chi connectivity index (χ4v) is 4.22. The lowest BCUT2D eigenvalue weighted by Gasteiger charge is -2.36. The Kier molecular flexibility index (Phi) is 7.69. The zero-order chi connectivity index (χ0) is 24.1. The van der Waals surface area contributed by atoms with Crippen molar-refractivity contribution in [3.63, 3.8) is 0 Å². The number of piperidine rings is 1. The summed E-state index contributed by atoms with van der Waals surface area (Å²) in [5.74, 6) is 0.575. The highest BCUT2D eigenvalue weighted by Crippen LogP contribution is 2.23. The molecule has 0 saturated carbocycles. The number of anilines is 3. The zero-order valence-corrected chi connectivity index (χ0v) is 19.9. The van der Waals surface area contributed by atoms with E-state index in [0.29, 0.717) is 29.7 Å². The molecule has 1 aromatic carbocycles. The van der Waals surface area contributed by atoms with Crippen molar-refractivity contribution in [2.45, 2.75) is 57.4 Å². The van der Waals surface area contributed by atoms with Crippen molar-refractivity contribution in [2.24, 2.45) is 5.14 Å². The number of ether oxygens (including phenoxy) is 1. The van der Waals surface area contributed by atoms with Gasteiger partial charge in [-0.15, -0.1) is 0 Å². The number of amides is 1. The van der Waals surface area contributed by atoms with Gasteiger partial charge in [0.25, 0.3) is 0 Å². The molecule has 1 aliphatic rings. The maximum atomic E-state index is 12.1. The average Bonchev–Trinajstić information content (AvgIpc) is 2.70. The first kappa shape index (κ1) is 24.6. The predicted molar refractivity (Wildman–Crippen MR) is 126 cm³/mol. The van der Waals surface area contributed by atoms with Crippen LogP contribution in [0.4, 0.5) is 22.4 Å². The number of nitrogens with one attached hydrogen (secondary N) is 2. The average molecular weight is 478 g/mol. The molecule has 1 aliphatic heterocycles. The summed E-state index contributed by atoms with van der Waals surface area (Å²) in [4.78, 5) is 27.2. The number of nitrogens with zero attached hydrogens (tertiary/aromatic N) is 4. The lowest BCUT2D eigenvalue weighted by atomic mass is 10.0. The standard InChI is InChI=1S/C21H31N7O4S/c1-21(2,3)32-20(29)23-12-17-9-4-5-10-28(17)19-25-14-24-18(27-19)26-16-8-6-7-15(11-16)13-33(22,30)31/h6-8,11,14,17H,4-5,9-10,12-13H2,1-3H3,(H,23,29)(H2,22,30,31)(H,24,25,26,27)/t17-/m1/s1. The fraction of sp³-hybridized carbons (Fsp3) is 0.524. The van der Waals surface area contributed by atoms with E-state index in [0.717, 1.165) is 25.8 Å². The Morgan fingerprint density at radius 2 is 2.06 bits per heavy atom. The molecule has 1 atom stereocenters. The molecule has 180 valence electrons. The maximum Gasteiger partial charge on any atom is 0.407 e. The van der Waals surface area contributed by atoms with Gasteiger partial charge >= 0.3 is 6.09 Å². The zero-order valence-electron chi connectivity index (χ0n) is 19.1. The van der Waals surface area contributed by atoms with E-state index in [1.54, 1.807) is 24.3 Å². The Morgan fingerprint density at radius 1 is 1.27 bits per heavy atom. The van der Waals surface area contributed by atoms with Gasteiger partial charge in [0.15, 0.2) is 0 Å². The summed E-state index contributed by atoms with van der Waals surface area (Å²) in [6.07, 6.45) is 3.90. The number of primary sulfonamides is 1. The second-order valence-corrected chi connectivity index (χ2v) is 10.6. The monoisotopic (exact) mass is 477 g/mol. The van der Waals surface area contributed by atoms with Crippen LogP contribution in [-0.2, 0) is 20.5 Å². The molecule has 1 fully saturated rings. The Bertz CT molecular complexity index is 1070. The second kappa shape index (κ2) is 10.3. The van der Waals surface area contributed by atoms with Crippen LogP contribution in [-0.4, -0.2) is 54.2 Å². The van der Waals surface area contributed by atoms with Crippen molar-refractivity contribution < 1.29 is 17.9 Å². The molecule has 33 heavy (non-hydrogen) atoms. The molecule has 12 heteroatoms. The summed E-state index contributed by atoms with van der Waals surface area (Å²) in [6, 6.07) is 6.91. The van der Waals surface area contributed by atoms with Gasteiger partial charge in [-0.3, -0.25) is 0 Å². The molecule has 0 unspecified atom stereocenters. The Balaban J connectivity index is 1.69. The van der Waals surface area contributed by atoms with Gasteiger partial charge in [0.05, 0.1) is 5.75 Å². The van der Waals surface area contributed by atoms with Gasteiger partial charge < -0.3 is 20.3 Å². The third-order valence-electron chi connectivity index (χ3n) is 4.88. The maximum absolute atomic E-state index is 12.1. The molecule has 0 spiro atoms. The molecule has 3 rings (SSSR count). The molecule has 11 nitrogen and oxygen atoms in total. The second-order valence-electron chi connectivity index (χ2n) is 8.97. The quantitative estimate of drug-likeness (QED) is 0.545. The smallest absolute Gasteiger partial charge is 0.407 e. The minimum Gasteiger partial charge on any atom is -0.444 e. The van der Waals surface area contributed by atoms with Crippen LogP contribution in [0, 0.1) is 0 Å². The van der Waals surface area contributed by atoms with Crippen LogP contribution in [0.5, 0.6) is 0 Å². The molecule has 0 aliphatic carbocycles. The largest absolute Gasteiger partial charge is 0.444 e. The van der Waals surface area contributed by atoms with E-state index in [4.69, 9.17) is 9.88 Å². The summed E-state index contributed by atoms with van der Waals surface area (Å²) in [5.41, 5.74) is 0.632. The van der Waals surface area contributed by atoms with Gasteiger partial charge in [0.1, 0.15) is 11.9 Å².